The van der Waals surface area contributed by atoms with Crippen molar-refractivity contribution in [1.29, 1.82) is 0 Å². The summed E-state index contributed by atoms with van der Waals surface area (Å²) in [5, 5.41) is 6.76. The molecule has 1 aliphatic heterocycles. The van der Waals surface area contributed by atoms with Crippen molar-refractivity contribution in [3.63, 3.8) is 0 Å². The van der Waals surface area contributed by atoms with Gasteiger partial charge in [-0.25, -0.2) is 19.0 Å². The number of ether oxygens (including phenoxy) is 1. The zero-order chi connectivity index (χ0) is 35.7. The summed E-state index contributed by atoms with van der Waals surface area (Å²) in [6.07, 6.45) is -7.09. The summed E-state index contributed by atoms with van der Waals surface area (Å²) in [4.78, 5) is 34.9. The van der Waals surface area contributed by atoms with Crippen molar-refractivity contribution >= 4 is 19.7 Å². The molecule has 266 valence electrons. The molecule has 0 bridgehead atoms. The largest absolute Gasteiger partial charge is 0.423 e. The number of nitrogens with one attached hydrogen (secondary N) is 1. The molecule has 1 fully saturated rings. The third-order valence-electron chi connectivity index (χ3n) is 8.70. The number of amides is 1. The summed E-state index contributed by atoms with van der Waals surface area (Å²) in [6.45, 7) is 6.31. The van der Waals surface area contributed by atoms with Gasteiger partial charge in [-0.05, 0) is 48.9 Å². The highest BCUT2D eigenvalue weighted by atomic mass is 28.3. The number of alkyl halides is 7. The summed E-state index contributed by atoms with van der Waals surface area (Å²) in [6, 6.07) is 4.72. The fourth-order valence-electron chi connectivity index (χ4n) is 6.08. The number of hydrogen-bond donors (Lipinski definition) is 1. The minimum atomic E-state index is -4.95. The smallest absolute Gasteiger partial charge is 0.380 e. The standard InChI is InChI=1S/C32H37F7N6O3Si/c1-49(2,3)10-9-48-18-45-30(47)27(32(37,38)39)25(16-42-45)43-23-6-4-5-19(11-23)17-44-26(33)13-21-12-20(7-8-24(21)29(44)46)28-40-14-22(15-41-28)31(34,35)36/h7-8,12,14-16,19,23,26,43H,4-6,9-11,13,17-18H2,1-3H3/t19-,23+,26?/m1/s1. The lowest BCUT2D eigenvalue weighted by Crippen LogP contribution is -2.47. The number of halogens is 7. The van der Waals surface area contributed by atoms with Crippen molar-refractivity contribution < 1.29 is 40.3 Å². The SMILES string of the molecule is C[Si](C)(C)CCOCn1ncc(N[C@H]2CCC[C@@H](CN3C(=O)c4ccc(-c5ncc(C(F)(F)F)cn5)cc4CC3F)C2)c(C(F)(F)F)c1=O. The van der Waals surface area contributed by atoms with Gasteiger partial charge in [-0.15, -0.1) is 0 Å². The molecule has 0 radical (unpaired) electrons. The molecule has 2 aliphatic rings. The lowest BCUT2D eigenvalue weighted by molar-refractivity contribution is -0.139. The second-order valence-corrected chi connectivity index (χ2v) is 19.3. The fraction of sp³-hybridized carbons (Fsp3) is 0.531. The second-order valence-electron chi connectivity index (χ2n) is 13.7. The predicted octanol–water partition coefficient (Wildman–Crippen LogP) is 7.02. The Kier molecular flexibility index (Phi) is 10.5. The van der Waals surface area contributed by atoms with E-state index in [2.05, 4.69) is 40.0 Å². The molecule has 1 N–H and O–H groups in total. The van der Waals surface area contributed by atoms with Gasteiger partial charge in [-0.3, -0.25) is 9.59 Å². The average Bonchev–Trinajstić information content (AvgIpc) is 3.01. The van der Waals surface area contributed by atoms with Crippen molar-refractivity contribution in [2.24, 2.45) is 5.92 Å². The Balaban J connectivity index is 1.25. The maximum Gasteiger partial charge on any atom is 0.423 e. The lowest BCUT2D eigenvalue weighted by Gasteiger charge is -2.37. The van der Waals surface area contributed by atoms with Gasteiger partial charge in [0.1, 0.15) is 12.3 Å². The molecule has 1 unspecified atom stereocenters. The Bertz CT molecular complexity index is 1710. The van der Waals surface area contributed by atoms with Crippen LogP contribution in [0.4, 0.5) is 36.4 Å². The molecule has 3 aromatic rings. The van der Waals surface area contributed by atoms with Crippen LogP contribution in [0.3, 0.4) is 0 Å². The molecule has 49 heavy (non-hydrogen) atoms. The zero-order valence-electron chi connectivity index (χ0n) is 27.2. The fourth-order valence-corrected chi connectivity index (χ4v) is 6.84. The Labute approximate surface area is 278 Å². The molecule has 1 saturated carbocycles. The van der Waals surface area contributed by atoms with Gasteiger partial charge in [0.05, 0.1) is 17.4 Å². The Morgan fingerprint density at radius 2 is 1.71 bits per heavy atom. The minimum absolute atomic E-state index is 0.00570. The highest BCUT2D eigenvalue weighted by Gasteiger charge is 2.40. The molecule has 2 aromatic heterocycles. The lowest BCUT2D eigenvalue weighted by atomic mass is 9.84. The molecule has 1 aliphatic carbocycles. The molecule has 9 nitrogen and oxygen atoms in total. The number of rotatable bonds is 10. The van der Waals surface area contributed by atoms with Crippen LogP contribution in [0.15, 0.2) is 41.6 Å². The molecule has 3 heterocycles. The molecule has 1 amide bonds. The first kappa shape index (κ1) is 36.4. The van der Waals surface area contributed by atoms with Crippen LogP contribution in [-0.2, 0) is 30.2 Å². The maximum atomic E-state index is 15.5. The van der Waals surface area contributed by atoms with Crippen molar-refractivity contribution in [1.82, 2.24) is 24.6 Å². The van der Waals surface area contributed by atoms with Crippen LogP contribution in [0, 0.1) is 5.92 Å². The normalized spacial score (nSPS) is 20.3. The van der Waals surface area contributed by atoms with Gasteiger partial charge in [-0.2, -0.15) is 31.4 Å². The second kappa shape index (κ2) is 14.2. The van der Waals surface area contributed by atoms with Gasteiger partial charge in [0.25, 0.3) is 11.5 Å². The minimum Gasteiger partial charge on any atom is -0.380 e. The highest BCUT2D eigenvalue weighted by molar-refractivity contribution is 6.76. The topological polar surface area (TPSA) is 102 Å². The summed E-state index contributed by atoms with van der Waals surface area (Å²) < 4.78 is 103. The maximum absolute atomic E-state index is 15.5. The molecular formula is C32H37F7N6O3Si. The first-order valence-corrected chi connectivity index (χ1v) is 19.6. The third-order valence-corrected chi connectivity index (χ3v) is 10.4. The number of hydrogen-bond acceptors (Lipinski definition) is 7. The van der Waals surface area contributed by atoms with E-state index in [0.717, 1.165) is 17.1 Å². The van der Waals surface area contributed by atoms with E-state index in [1.54, 1.807) is 0 Å². The van der Waals surface area contributed by atoms with Crippen molar-refractivity contribution in [2.45, 2.75) is 89.2 Å². The summed E-state index contributed by atoms with van der Waals surface area (Å²) in [5.74, 6) is -0.811. The molecule has 17 heteroatoms. The third kappa shape index (κ3) is 8.84. The van der Waals surface area contributed by atoms with E-state index in [-0.39, 0.29) is 30.3 Å². The van der Waals surface area contributed by atoms with E-state index in [0.29, 0.717) is 60.5 Å². The van der Waals surface area contributed by atoms with Gasteiger partial charge in [-0.1, -0.05) is 32.1 Å². The number of nitrogens with zero attached hydrogens (tertiary/aromatic N) is 5. The first-order valence-electron chi connectivity index (χ1n) is 15.9. The van der Waals surface area contributed by atoms with Crippen molar-refractivity contribution in [2.75, 3.05) is 18.5 Å². The summed E-state index contributed by atoms with van der Waals surface area (Å²) in [7, 11) is -1.44. The zero-order valence-corrected chi connectivity index (χ0v) is 28.2. The van der Waals surface area contributed by atoms with E-state index < -0.39 is 67.8 Å². The van der Waals surface area contributed by atoms with Crippen molar-refractivity contribution in [3.05, 3.63) is 69.4 Å². The molecule has 0 spiro atoms. The van der Waals surface area contributed by atoms with Crippen molar-refractivity contribution in [3.8, 4) is 11.4 Å². The van der Waals surface area contributed by atoms with Crippen LogP contribution in [0.25, 0.3) is 11.4 Å². The highest BCUT2D eigenvalue weighted by Crippen LogP contribution is 2.36. The number of anilines is 1. The first-order chi connectivity index (χ1) is 22.9. The number of benzene rings is 1. The monoisotopic (exact) mass is 714 g/mol. The van der Waals surface area contributed by atoms with E-state index in [1.807, 2.05) is 0 Å². The van der Waals surface area contributed by atoms with E-state index >= 15 is 4.39 Å². The van der Waals surface area contributed by atoms with Crippen LogP contribution in [0.5, 0.6) is 0 Å². The predicted molar refractivity (Wildman–Crippen MR) is 169 cm³/mol. The number of aromatic nitrogens is 4. The molecular weight excluding hydrogens is 677 g/mol. The number of carbonyl (C=O) groups excluding carboxylic acids is 1. The van der Waals surface area contributed by atoms with E-state index in [9.17, 15) is 35.9 Å². The summed E-state index contributed by atoms with van der Waals surface area (Å²) >= 11 is 0. The van der Waals surface area contributed by atoms with E-state index in [4.69, 9.17) is 4.74 Å². The van der Waals surface area contributed by atoms with Gasteiger partial charge < -0.3 is 15.0 Å². The summed E-state index contributed by atoms with van der Waals surface area (Å²) in [5.41, 5.74) is -3.21. The van der Waals surface area contributed by atoms with Crippen LogP contribution >= 0.6 is 0 Å². The molecule has 1 aromatic carbocycles. The molecule has 0 saturated heterocycles. The van der Waals surface area contributed by atoms with Gasteiger partial charge in [0, 0.05) is 57.2 Å². The Hall–Kier alpha value is -3.86. The van der Waals surface area contributed by atoms with Gasteiger partial charge >= 0.3 is 12.4 Å². The number of fused-ring (bicyclic) bond motifs is 1. The Morgan fingerprint density at radius 1 is 1.00 bits per heavy atom. The van der Waals surface area contributed by atoms with Crippen LogP contribution in [0.2, 0.25) is 25.7 Å². The Morgan fingerprint density at radius 3 is 2.37 bits per heavy atom. The number of carbonyl (C=O) groups is 1. The van der Waals surface area contributed by atoms with Crippen LogP contribution in [-0.4, -0.2) is 64.1 Å². The van der Waals surface area contributed by atoms with Gasteiger partial charge in [0.2, 0.25) is 0 Å². The van der Waals surface area contributed by atoms with E-state index in [1.165, 1.54) is 18.2 Å². The van der Waals surface area contributed by atoms with Crippen LogP contribution < -0.4 is 10.9 Å². The molecule has 5 rings (SSSR count). The van der Waals surface area contributed by atoms with Crippen LogP contribution in [0.1, 0.15) is 52.7 Å². The molecule has 3 atom stereocenters. The quantitative estimate of drug-likeness (QED) is 0.104. The average molecular weight is 715 g/mol. The van der Waals surface area contributed by atoms with Gasteiger partial charge in [0.15, 0.2) is 12.1 Å².